The SMILES string of the molecule is CCc1ccccc1C(=O)N1CCCN(C(=O)CN2C(=O)NC(C)(C)C2=O)CC1. The number of amides is 5. The topological polar surface area (TPSA) is 90.0 Å². The summed E-state index contributed by atoms with van der Waals surface area (Å²) >= 11 is 0. The van der Waals surface area contributed by atoms with Crippen molar-refractivity contribution < 1.29 is 19.2 Å². The van der Waals surface area contributed by atoms with Crippen LogP contribution in [0.15, 0.2) is 24.3 Å². The zero-order valence-electron chi connectivity index (χ0n) is 17.2. The Morgan fingerprint density at radius 2 is 1.69 bits per heavy atom. The molecule has 1 aromatic rings. The first-order chi connectivity index (χ1) is 13.7. The van der Waals surface area contributed by atoms with Crippen LogP contribution in [0, 0.1) is 0 Å². The quantitative estimate of drug-likeness (QED) is 0.771. The zero-order valence-corrected chi connectivity index (χ0v) is 17.2. The van der Waals surface area contributed by atoms with Gasteiger partial charge < -0.3 is 15.1 Å². The van der Waals surface area contributed by atoms with Gasteiger partial charge >= 0.3 is 6.03 Å². The lowest BCUT2D eigenvalue weighted by Gasteiger charge is -2.24. The van der Waals surface area contributed by atoms with E-state index in [9.17, 15) is 19.2 Å². The number of imide groups is 1. The second-order valence-electron chi connectivity index (χ2n) is 7.98. The third-order valence-electron chi connectivity index (χ3n) is 5.50. The normalized spacial score (nSPS) is 19.2. The van der Waals surface area contributed by atoms with Crippen LogP contribution in [0.25, 0.3) is 0 Å². The van der Waals surface area contributed by atoms with E-state index in [1.54, 1.807) is 23.6 Å². The minimum Gasteiger partial charge on any atom is -0.339 e. The van der Waals surface area contributed by atoms with E-state index >= 15 is 0 Å². The van der Waals surface area contributed by atoms with E-state index in [4.69, 9.17) is 0 Å². The molecule has 0 radical (unpaired) electrons. The maximum absolute atomic E-state index is 13.0. The monoisotopic (exact) mass is 400 g/mol. The highest BCUT2D eigenvalue weighted by Crippen LogP contribution is 2.18. The van der Waals surface area contributed by atoms with E-state index in [2.05, 4.69) is 5.32 Å². The van der Waals surface area contributed by atoms with Crippen molar-refractivity contribution in [1.29, 1.82) is 0 Å². The van der Waals surface area contributed by atoms with Gasteiger partial charge in [0.1, 0.15) is 12.1 Å². The molecule has 5 amide bonds. The van der Waals surface area contributed by atoms with Gasteiger partial charge in [-0.05, 0) is 38.3 Å². The number of benzene rings is 1. The molecule has 2 fully saturated rings. The lowest BCUT2D eigenvalue weighted by atomic mass is 10.0. The summed E-state index contributed by atoms with van der Waals surface area (Å²) in [5.41, 5.74) is 0.721. The molecule has 0 unspecified atom stereocenters. The van der Waals surface area contributed by atoms with Crippen LogP contribution in [0.5, 0.6) is 0 Å². The van der Waals surface area contributed by atoms with Gasteiger partial charge in [0.2, 0.25) is 5.91 Å². The van der Waals surface area contributed by atoms with Gasteiger partial charge in [0.05, 0.1) is 0 Å². The Morgan fingerprint density at radius 1 is 1.03 bits per heavy atom. The lowest BCUT2D eigenvalue weighted by Crippen LogP contribution is -2.45. The van der Waals surface area contributed by atoms with Gasteiger partial charge in [-0.25, -0.2) is 4.79 Å². The molecule has 8 heteroatoms. The molecule has 0 saturated carbocycles. The first-order valence-electron chi connectivity index (χ1n) is 10.0. The van der Waals surface area contributed by atoms with Crippen LogP contribution in [0.1, 0.15) is 43.1 Å². The number of hydrogen-bond acceptors (Lipinski definition) is 4. The first-order valence-corrected chi connectivity index (χ1v) is 10.0. The molecule has 0 atom stereocenters. The highest BCUT2D eigenvalue weighted by molar-refractivity contribution is 6.08. The van der Waals surface area contributed by atoms with Crippen LogP contribution in [0.3, 0.4) is 0 Å². The molecule has 29 heavy (non-hydrogen) atoms. The van der Waals surface area contributed by atoms with Crippen LogP contribution in [0.2, 0.25) is 0 Å². The highest BCUT2D eigenvalue weighted by atomic mass is 16.2. The molecule has 2 heterocycles. The summed E-state index contributed by atoms with van der Waals surface area (Å²) in [5.74, 6) is -0.708. The maximum Gasteiger partial charge on any atom is 0.325 e. The number of hydrogen-bond donors (Lipinski definition) is 1. The molecule has 2 saturated heterocycles. The number of rotatable bonds is 4. The number of nitrogens with one attached hydrogen (secondary N) is 1. The molecule has 2 aliphatic heterocycles. The molecule has 0 bridgehead atoms. The standard InChI is InChI=1S/C21H28N4O4/c1-4-15-8-5-6-9-16(15)18(27)24-11-7-10-23(12-13-24)17(26)14-25-19(28)21(2,3)22-20(25)29/h5-6,8-9H,4,7,10-14H2,1-3H3,(H,22,29). The van der Waals surface area contributed by atoms with Crippen LogP contribution in [-0.2, 0) is 16.0 Å². The van der Waals surface area contributed by atoms with Crippen molar-refractivity contribution in [3.8, 4) is 0 Å². The predicted octanol–water partition coefficient (Wildman–Crippen LogP) is 1.25. The van der Waals surface area contributed by atoms with Crippen molar-refractivity contribution >= 4 is 23.8 Å². The second-order valence-corrected chi connectivity index (χ2v) is 7.98. The molecule has 1 aromatic carbocycles. The fourth-order valence-corrected chi connectivity index (χ4v) is 3.77. The van der Waals surface area contributed by atoms with E-state index in [1.165, 1.54) is 0 Å². The van der Waals surface area contributed by atoms with Crippen LogP contribution < -0.4 is 5.32 Å². The number of carbonyl (C=O) groups excluding carboxylic acids is 4. The zero-order chi connectivity index (χ0) is 21.2. The summed E-state index contributed by atoms with van der Waals surface area (Å²) in [4.78, 5) is 54.4. The largest absolute Gasteiger partial charge is 0.339 e. The van der Waals surface area contributed by atoms with Crippen LogP contribution in [-0.4, -0.2) is 76.7 Å². The fourth-order valence-electron chi connectivity index (χ4n) is 3.77. The van der Waals surface area contributed by atoms with Crippen molar-refractivity contribution in [1.82, 2.24) is 20.0 Å². The number of carbonyl (C=O) groups is 4. The Balaban J connectivity index is 1.62. The van der Waals surface area contributed by atoms with Crippen molar-refractivity contribution in [2.24, 2.45) is 0 Å². The summed E-state index contributed by atoms with van der Waals surface area (Å²) in [5, 5.41) is 2.58. The molecule has 8 nitrogen and oxygen atoms in total. The van der Waals surface area contributed by atoms with Crippen molar-refractivity contribution in [3.05, 3.63) is 35.4 Å². The number of nitrogens with zero attached hydrogens (tertiary/aromatic N) is 3. The van der Waals surface area contributed by atoms with E-state index in [1.807, 2.05) is 31.2 Å². The Kier molecular flexibility index (Phi) is 5.91. The molecular weight excluding hydrogens is 372 g/mol. The number of urea groups is 1. The Hall–Kier alpha value is -2.90. The van der Waals surface area contributed by atoms with E-state index in [-0.39, 0.29) is 18.4 Å². The lowest BCUT2D eigenvalue weighted by molar-refractivity contribution is -0.138. The summed E-state index contributed by atoms with van der Waals surface area (Å²) in [7, 11) is 0. The van der Waals surface area contributed by atoms with Gasteiger partial charge in [-0.15, -0.1) is 0 Å². The van der Waals surface area contributed by atoms with Crippen LogP contribution in [0.4, 0.5) is 4.79 Å². The molecule has 0 aliphatic carbocycles. The van der Waals surface area contributed by atoms with Crippen LogP contribution >= 0.6 is 0 Å². The molecule has 3 rings (SSSR count). The molecule has 0 aromatic heterocycles. The van der Waals surface area contributed by atoms with Gasteiger partial charge in [-0.1, -0.05) is 25.1 Å². The van der Waals surface area contributed by atoms with Crippen molar-refractivity contribution in [3.63, 3.8) is 0 Å². The van der Waals surface area contributed by atoms with Gasteiger partial charge in [-0.2, -0.15) is 0 Å². The minimum atomic E-state index is -0.994. The third-order valence-corrected chi connectivity index (χ3v) is 5.50. The van der Waals surface area contributed by atoms with E-state index < -0.39 is 17.5 Å². The smallest absolute Gasteiger partial charge is 0.325 e. The number of aryl methyl sites for hydroxylation is 1. The fraction of sp³-hybridized carbons (Fsp3) is 0.524. The summed E-state index contributed by atoms with van der Waals surface area (Å²) in [6.07, 6.45) is 1.43. The molecule has 156 valence electrons. The van der Waals surface area contributed by atoms with Gasteiger partial charge in [0.15, 0.2) is 0 Å². The summed E-state index contributed by atoms with van der Waals surface area (Å²) < 4.78 is 0. The highest BCUT2D eigenvalue weighted by Gasteiger charge is 2.45. The molecule has 1 N–H and O–H groups in total. The Bertz CT molecular complexity index is 836. The summed E-state index contributed by atoms with van der Waals surface area (Å²) in [6.45, 7) is 6.83. The third kappa shape index (κ3) is 4.26. The van der Waals surface area contributed by atoms with E-state index in [0.717, 1.165) is 16.9 Å². The predicted molar refractivity (Wildman–Crippen MR) is 107 cm³/mol. The van der Waals surface area contributed by atoms with Gasteiger partial charge in [0.25, 0.3) is 11.8 Å². The second kappa shape index (κ2) is 8.23. The minimum absolute atomic E-state index is 0.0207. The first kappa shape index (κ1) is 20.8. The molecule has 0 spiro atoms. The van der Waals surface area contributed by atoms with Crippen molar-refractivity contribution in [2.75, 3.05) is 32.7 Å². The Morgan fingerprint density at radius 3 is 2.34 bits per heavy atom. The van der Waals surface area contributed by atoms with Crippen molar-refractivity contribution in [2.45, 2.75) is 39.2 Å². The Labute approximate surface area is 170 Å². The average molecular weight is 400 g/mol. The summed E-state index contributed by atoms with van der Waals surface area (Å²) in [6, 6.07) is 7.04. The molecular formula is C21H28N4O4. The van der Waals surface area contributed by atoms with Gasteiger partial charge in [-0.3, -0.25) is 19.3 Å². The van der Waals surface area contributed by atoms with Gasteiger partial charge in [0, 0.05) is 31.7 Å². The average Bonchev–Trinajstić information content (AvgIpc) is 2.89. The molecule has 2 aliphatic rings. The maximum atomic E-state index is 13.0. The van der Waals surface area contributed by atoms with E-state index in [0.29, 0.717) is 38.2 Å².